The molecule has 1 N–H and O–H groups in total. The highest BCUT2D eigenvalue weighted by Crippen LogP contribution is 2.10. The summed E-state index contributed by atoms with van der Waals surface area (Å²) >= 11 is 0. The summed E-state index contributed by atoms with van der Waals surface area (Å²) in [5.74, 6) is -0.821. The van der Waals surface area contributed by atoms with Crippen molar-refractivity contribution in [3.63, 3.8) is 0 Å². The van der Waals surface area contributed by atoms with Gasteiger partial charge >= 0.3 is 5.97 Å². The number of carboxylic acids is 1. The van der Waals surface area contributed by atoms with Gasteiger partial charge in [0.05, 0.1) is 25.2 Å². The molecule has 3 heteroatoms. The topological polar surface area (TPSA) is 37.3 Å². The molecule has 0 aromatic rings. The van der Waals surface area contributed by atoms with Crippen LogP contribution in [-0.4, -0.2) is 35.2 Å². The van der Waals surface area contributed by atoms with Crippen molar-refractivity contribution in [2.45, 2.75) is 27.7 Å². The van der Waals surface area contributed by atoms with E-state index in [1.807, 2.05) is 6.20 Å². The Morgan fingerprint density at radius 3 is 1.85 bits per heavy atom. The zero-order valence-electron chi connectivity index (χ0n) is 9.00. The molecule has 0 aromatic heterocycles. The Kier molecular flexibility index (Phi) is 4.70. The largest absolute Gasteiger partial charge is 0.478 e. The van der Waals surface area contributed by atoms with Crippen molar-refractivity contribution in [3.8, 4) is 0 Å². The molecule has 0 radical (unpaired) electrons. The maximum atomic E-state index is 10.6. The molecule has 0 saturated carbocycles. The first-order chi connectivity index (χ1) is 6.01. The molecule has 0 atom stereocenters. The average molecular weight is 186 g/mol. The molecular weight excluding hydrogens is 166 g/mol. The van der Waals surface area contributed by atoms with Crippen LogP contribution in [0.15, 0.2) is 11.8 Å². The van der Waals surface area contributed by atoms with E-state index in [2.05, 4.69) is 20.8 Å². The van der Waals surface area contributed by atoms with Crippen LogP contribution in [0.4, 0.5) is 0 Å². The molecule has 0 fully saturated rings. The van der Waals surface area contributed by atoms with Crippen LogP contribution in [0.3, 0.4) is 0 Å². The Morgan fingerprint density at radius 1 is 1.23 bits per heavy atom. The van der Waals surface area contributed by atoms with Crippen LogP contribution < -0.4 is 0 Å². The zero-order valence-corrected chi connectivity index (χ0v) is 9.00. The molecule has 0 bridgehead atoms. The number of carbonyl (C=O) groups is 1. The van der Waals surface area contributed by atoms with E-state index in [4.69, 9.17) is 5.11 Å². The number of carboxylic acid groups (broad SMARTS) is 1. The summed E-state index contributed by atoms with van der Waals surface area (Å²) in [7, 11) is 0. The molecule has 0 aliphatic heterocycles. The maximum Gasteiger partial charge on any atom is 0.336 e. The number of hydrogen-bond donors (Lipinski definition) is 1. The highest BCUT2D eigenvalue weighted by atomic mass is 16.4. The molecule has 0 aliphatic rings. The lowest BCUT2D eigenvalue weighted by Gasteiger charge is -2.31. The number of nitrogens with zero attached hydrogens (tertiary/aromatic N) is 1. The van der Waals surface area contributed by atoms with Crippen LogP contribution in [0.5, 0.6) is 0 Å². The van der Waals surface area contributed by atoms with E-state index >= 15 is 0 Å². The van der Waals surface area contributed by atoms with Crippen LogP contribution in [0.2, 0.25) is 0 Å². The van der Waals surface area contributed by atoms with Crippen molar-refractivity contribution in [2.24, 2.45) is 0 Å². The minimum absolute atomic E-state index is 0.436. The normalized spacial score (nSPS) is 13.1. The minimum Gasteiger partial charge on any atom is -0.478 e. The van der Waals surface area contributed by atoms with Crippen molar-refractivity contribution >= 4 is 5.97 Å². The van der Waals surface area contributed by atoms with E-state index in [0.717, 1.165) is 24.1 Å². The Morgan fingerprint density at radius 2 is 1.62 bits per heavy atom. The van der Waals surface area contributed by atoms with E-state index in [-0.39, 0.29) is 0 Å². The van der Waals surface area contributed by atoms with Crippen molar-refractivity contribution in [3.05, 3.63) is 11.8 Å². The Hall–Kier alpha value is -0.830. The minimum atomic E-state index is -0.821. The number of hydrogen-bond acceptors (Lipinski definition) is 1. The predicted octanol–water partition coefficient (Wildman–Crippen LogP) is 1.85. The fourth-order valence-corrected chi connectivity index (χ4v) is 1.41. The van der Waals surface area contributed by atoms with E-state index in [1.165, 1.54) is 0 Å². The van der Waals surface area contributed by atoms with Crippen molar-refractivity contribution < 1.29 is 14.4 Å². The summed E-state index contributed by atoms with van der Waals surface area (Å²) < 4.78 is 0.748. The maximum absolute atomic E-state index is 10.6. The first-order valence-electron chi connectivity index (χ1n) is 4.79. The number of aliphatic carboxylic acids is 1. The second-order valence-corrected chi connectivity index (χ2v) is 3.28. The molecule has 13 heavy (non-hydrogen) atoms. The summed E-state index contributed by atoms with van der Waals surface area (Å²) in [6, 6.07) is 0. The van der Waals surface area contributed by atoms with Gasteiger partial charge in [0.25, 0.3) is 0 Å². The van der Waals surface area contributed by atoms with Gasteiger partial charge in [0, 0.05) is 0 Å². The smallest absolute Gasteiger partial charge is 0.336 e. The Bertz CT molecular complexity index is 197. The van der Waals surface area contributed by atoms with Crippen LogP contribution in [-0.2, 0) is 4.79 Å². The van der Waals surface area contributed by atoms with Gasteiger partial charge in [-0.15, -0.1) is 0 Å². The summed E-state index contributed by atoms with van der Waals surface area (Å²) in [6.07, 6.45) is 1.85. The zero-order chi connectivity index (χ0) is 10.5. The average Bonchev–Trinajstić information content (AvgIpc) is 2.14. The first kappa shape index (κ1) is 12.2. The van der Waals surface area contributed by atoms with Gasteiger partial charge in [0.15, 0.2) is 0 Å². The fraction of sp³-hybridized carbons (Fsp3) is 0.700. The lowest BCUT2D eigenvalue weighted by Crippen LogP contribution is -2.42. The third kappa shape index (κ3) is 3.19. The van der Waals surface area contributed by atoms with E-state index < -0.39 is 5.97 Å². The van der Waals surface area contributed by atoms with E-state index in [0.29, 0.717) is 5.57 Å². The molecule has 0 saturated heterocycles. The van der Waals surface area contributed by atoms with Gasteiger partial charge in [-0.3, -0.25) is 4.48 Å². The lowest BCUT2D eigenvalue weighted by atomic mass is 10.3. The third-order valence-electron chi connectivity index (χ3n) is 2.69. The molecule has 0 amide bonds. The highest BCUT2D eigenvalue weighted by Gasteiger charge is 2.19. The molecule has 0 unspecified atom stereocenters. The Labute approximate surface area is 80.3 Å². The van der Waals surface area contributed by atoms with Gasteiger partial charge in [0.1, 0.15) is 6.20 Å². The Balaban J connectivity index is 4.76. The van der Waals surface area contributed by atoms with Gasteiger partial charge < -0.3 is 5.11 Å². The second kappa shape index (κ2) is 5.02. The van der Waals surface area contributed by atoms with Crippen molar-refractivity contribution in [1.29, 1.82) is 0 Å². The molecule has 0 rings (SSSR count). The van der Waals surface area contributed by atoms with Crippen LogP contribution in [0.1, 0.15) is 27.7 Å². The van der Waals surface area contributed by atoms with Gasteiger partial charge in [0.2, 0.25) is 0 Å². The fourth-order valence-electron chi connectivity index (χ4n) is 1.41. The van der Waals surface area contributed by atoms with Crippen molar-refractivity contribution in [1.82, 2.24) is 0 Å². The standard InChI is InChI=1S/C10H19NO2/c1-5-11(6-2,7-3)8-9(4)10(12)13/h8H,5-7H2,1-4H3/p+1. The molecule has 3 nitrogen and oxygen atoms in total. The number of quaternary nitrogens is 1. The van der Waals surface area contributed by atoms with Gasteiger partial charge in [-0.2, -0.15) is 0 Å². The quantitative estimate of drug-likeness (QED) is 0.525. The van der Waals surface area contributed by atoms with E-state index in [9.17, 15) is 4.79 Å². The van der Waals surface area contributed by atoms with Crippen LogP contribution in [0.25, 0.3) is 0 Å². The molecular formula is C10H20NO2+. The summed E-state index contributed by atoms with van der Waals surface area (Å²) in [6.45, 7) is 10.7. The van der Waals surface area contributed by atoms with Gasteiger partial charge in [-0.25, -0.2) is 4.79 Å². The monoisotopic (exact) mass is 186 g/mol. The molecule has 0 aromatic carbocycles. The molecule has 0 aliphatic carbocycles. The van der Waals surface area contributed by atoms with E-state index in [1.54, 1.807) is 6.92 Å². The van der Waals surface area contributed by atoms with Crippen LogP contribution in [0, 0.1) is 0 Å². The third-order valence-corrected chi connectivity index (χ3v) is 2.69. The van der Waals surface area contributed by atoms with Crippen LogP contribution >= 0.6 is 0 Å². The second-order valence-electron chi connectivity index (χ2n) is 3.28. The highest BCUT2D eigenvalue weighted by molar-refractivity contribution is 5.85. The van der Waals surface area contributed by atoms with Gasteiger partial charge in [-0.05, 0) is 27.7 Å². The lowest BCUT2D eigenvalue weighted by molar-refractivity contribution is -0.874. The SMILES string of the molecule is CC[N+](C=C(C)C(=O)O)(CC)CC. The first-order valence-corrected chi connectivity index (χ1v) is 4.79. The number of rotatable bonds is 5. The van der Waals surface area contributed by atoms with Gasteiger partial charge in [-0.1, -0.05) is 0 Å². The van der Waals surface area contributed by atoms with Crippen molar-refractivity contribution in [2.75, 3.05) is 19.6 Å². The summed E-state index contributed by atoms with van der Waals surface area (Å²) in [5.41, 5.74) is 0.436. The predicted molar refractivity (Wildman–Crippen MR) is 53.3 cm³/mol. The molecule has 0 heterocycles. The molecule has 76 valence electrons. The summed E-state index contributed by atoms with van der Waals surface area (Å²) in [5, 5.41) is 8.75. The summed E-state index contributed by atoms with van der Waals surface area (Å²) in [4.78, 5) is 10.6. The molecule has 0 spiro atoms.